The van der Waals surface area contributed by atoms with Crippen molar-refractivity contribution in [2.75, 3.05) is 18.4 Å². The lowest BCUT2D eigenvalue weighted by molar-refractivity contribution is 0.0206. The number of hydrogen-bond acceptors (Lipinski definition) is 8. The van der Waals surface area contributed by atoms with Crippen LogP contribution in [0, 0.1) is 12.8 Å². The van der Waals surface area contributed by atoms with Crippen LogP contribution in [0.3, 0.4) is 0 Å². The minimum absolute atomic E-state index is 0.00371. The van der Waals surface area contributed by atoms with Gasteiger partial charge in [-0.25, -0.2) is 19.7 Å². The first-order valence-corrected chi connectivity index (χ1v) is 16.0. The van der Waals surface area contributed by atoms with E-state index in [9.17, 15) is 9.90 Å². The van der Waals surface area contributed by atoms with Gasteiger partial charge in [-0.2, -0.15) is 0 Å². The van der Waals surface area contributed by atoms with Gasteiger partial charge in [-0.15, -0.1) is 0 Å². The summed E-state index contributed by atoms with van der Waals surface area (Å²) in [5.74, 6) is 2.00. The van der Waals surface area contributed by atoms with Crippen molar-refractivity contribution in [3.05, 3.63) is 72.1 Å². The van der Waals surface area contributed by atoms with Crippen LogP contribution in [0.15, 0.2) is 60.9 Å². The predicted molar refractivity (Wildman–Crippen MR) is 176 cm³/mol. The van der Waals surface area contributed by atoms with Gasteiger partial charge in [0, 0.05) is 36.9 Å². The second-order valence-electron chi connectivity index (χ2n) is 13.3. The molecule has 1 amide bonds. The summed E-state index contributed by atoms with van der Waals surface area (Å²) in [5.41, 5.74) is 3.13. The van der Waals surface area contributed by atoms with E-state index in [1.165, 1.54) is 5.56 Å². The number of hydrogen-bond donors (Lipinski definition) is 2. The number of anilines is 1. The number of carbonyl (C=O) groups excluding carboxylic acids is 1. The lowest BCUT2D eigenvalue weighted by Gasteiger charge is -2.34. The van der Waals surface area contributed by atoms with Gasteiger partial charge in [0.15, 0.2) is 0 Å². The molecule has 2 aromatic carbocycles. The fourth-order valence-corrected chi connectivity index (χ4v) is 6.47. The zero-order valence-corrected chi connectivity index (χ0v) is 26.6. The van der Waals surface area contributed by atoms with Gasteiger partial charge < -0.3 is 24.8 Å². The van der Waals surface area contributed by atoms with E-state index in [0.717, 1.165) is 66.2 Å². The van der Waals surface area contributed by atoms with E-state index in [1.54, 1.807) is 17.3 Å². The molecule has 1 aliphatic heterocycles. The molecule has 45 heavy (non-hydrogen) atoms. The first kappa shape index (κ1) is 30.8. The van der Waals surface area contributed by atoms with Gasteiger partial charge >= 0.3 is 6.09 Å². The van der Waals surface area contributed by atoms with Gasteiger partial charge in [-0.3, -0.25) is 0 Å². The third kappa shape index (κ3) is 7.20. The van der Waals surface area contributed by atoms with Crippen LogP contribution in [0.5, 0.6) is 11.6 Å². The number of ether oxygens (including phenoxy) is 2. The molecule has 4 aromatic rings. The largest absolute Gasteiger partial charge is 0.444 e. The number of piperidine rings is 1. The van der Waals surface area contributed by atoms with Gasteiger partial charge in [0.25, 0.3) is 0 Å². The highest BCUT2D eigenvalue weighted by Gasteiger charge is 2.29. The Morgan fingerprint density at radius 1 is 1.00 bits per heavy atom. The molecule has 6 rings (SSSR count). The average Bonchev–Trinajstić information content (AvgIpc) is 3.42. The van der Waals surface area contributed by atoms with Crippen LogP contribution in [-0.4, -0.2) is 61.9 Å². The Morgan fingerprint density at radius 3 is 2.67 bits per heavy atom. The number of carbonyl (C=O) groups is 1. The fraction of sp³-hybridized carbons (Fsp3) is 0.444. The SMILES string of the molecule is Cc1ccc2c(C[C@H]3CCC[C@@H]3O)cccc2c1Oc1ncccc1-c1ccnc(N[C@H]2CCCN(C(=O)OC(C)(C)C)C2)n1. The number of likely N-dealkylation sites (tertiary alicyclic amines) is 1. The summed E-state index contributed by atoms with van der Waals surface area (Å²) < 4.78 is 12.2. The minimum atomic E-state index is -0.537. The maximum atomic E-state index is 12.7. The first-order valence-electron chi connectivity index (χ1n) is 16.0. The Balaban J connectivity index is 1.23. The molecule has 2 aliphatic rings. The Bertz CT molecular complexity index is 1670. The van der Waals surface area contributed by atoms with Crippen molar-refractivity contribution in [1.82, 2.24) is 19.9 Å². The van der Waals surface area contributed by atoms with E-state index in [0.29, 0.717) is 36.5 Å². The zero-order chi connectivity index (χ0) is 31.6. The molecular weight excluding hydrogens is 566 g/mol. The maximum absolute atomic E-state index is 12.7. The number of aliphatic hydroxyl groups excluding tert-OH is 1. The van der Waals surface area contributed by atoms with Gasteiger partial charge in [-0.1, -0.05) is 36.8 Å². The molecule has 1 saturated carbocycles. The van der Waals surface area contributed by atoms with E-state index in [4.69, 9.17) is 14.5 Å². The number of aliphatic hydroxyl groups is 1. The monoisotopic (exact) mass is 609 g/mol. The summed E-state index contributed by atoms with van der Waals surface area (Å²) in [7, 11) is 0. The lowest BCUT2D eigenvalue weighted by Crippen LogP contribution is -2.47. The lowest BCUT2D eigenvalue weighted by atomic mass is 9.92. The fourth-order valence-electron chi connectivity index (χ4n) is 6.47. The highest BCUT2D eigenvalue weighted by atomic mass is 16.6. The van der Waals surface area contributed by atoms with E-state index < -0.39 is 5.60 Å². The van der Waals surface area contributed by atoms with E-state index in [-0.39, 0.29) is 18.2 Å². The number of pyridine rings is 1. The molecule has 9 heteroatoms. The van der Waals surface area contributed by atoms with Crippen molar-refractivity contribution in [2.45, 2.75) is 84.0 Å². The van der Waals surface area contributed by atoms with Crippen LogP contribution in [0.1, 0.15) is 64.0 Å². The van der Waals surface area contributed by atoms with Crippen molar-refractivity contribution < 1.29 is 19.4 Å². The number of rotatable bonds is 7. The molecular formula is C36H43N5O4. The zero-order valence-electron chi connectivity index (χ0n) is 26.6. The molecule has 0 bridgehead atoms. The van der Waals surface area contributed by atoms with Crippen LogP contribution in [0.2, 0.25) is 0 Å². The van der Waals surface area contributed by atoms with Gasteiger partial charge in [-0.05, 0) is 100 Å². The van der Waals surface area contributed by atoms with Gasteiger partial charge in [0.05, 0.1) is 17.4 Å². The number of nitrogens with one attached hydrogen (secondary N) is 1. The van der Waals surface area contributed by atoms with E-state index in [1.807, 2.05) is 45.9 Å². The molecule has 236 valence electrons. The number of benzene rings is 2. The number of amides is 1. The molecule has 9 nitrogen and oxygen atoms in total. The highest BCUT2D eigenvalue weighted by Crippen LogP contribution is 2.39. The van der Waals surface area contributed by atoms with Crippen molar-refractivity contribution in [3.8, 4) is 22.9 Å². The summed E-state index contributed by atoms with van der Waals surface area (Å²) in [6.07, 6.45) is 8.56. The topological polar surface area (TPSA) is 110 Å². The third-order valence-electron chi connectivity index (χ3n) is 8.71. The number of aromatic nitrogens is 3. The minimum Gasteiger partial charge on any atom is -0.444 e. The standard InChI is InChI=1S/C36H43N5O4/c1-23-15-16-27-24(21-25-10-6-14-31(25)42)9-5-12-28(27)32(23)44-33-29(13-7-18-37-33)30-17-19-38-34(40-30)39-26-11-8-20-41(22-26)35(43)45-36(2,3)4/h5,7,9,12-13,15-19,25-26,31,42H,6,8,10-11,14,20-22H2,1-4H3,(H,38,39,40)/t25-,26+,31+/m1/s1. The van der Waals surface area contributed by atoms with Crippen molar-refractivity contribution in [2.24, 2.45) is 5.92 Å². The number of aryl methyl sites for hydroxylation is 1. The van der Waals surface area contributed by atoms with Crippen LogP contribution in [0.25, 0.3) is 22.0 Å². The van der Waals surface area contributed by atoms with Crippen LogP contribution >= 0.6 is 0 Å². The second kappa shape index (κ2) is 13.0. The van der Waals surface area contributed by atoms with E-state index in [2.05, 4.69) is 45.6 Å². The quantitative estimate of drug-likeness (QED) is 0.225. The number of fused-ring (bicyclic) bond motifs is 1. The van der Waals surface area contributed by atoms with Crippen molar-refractivity contribution in [3.63, 3.8) is 0 Å². The van der Waals surface area contributed by atoms with Crippen LogP contribution in [-0.2, 0) is 11.2 Å². The van der Waals surface area contributed by atoms with Crippen LogP contribution < -0.4 is 10.1 Å². The van der Waals surface area contributed by atoms with E-state index >= 15 is 0 Å². The summed E-state index contributed by atoms with van der Waals surface area (Å²) >= 11 is 0. The molecule has 0 spiro atoms. The third-order valence-corrected chi connectivity index (χ3v) is 8.71. The van der Waals surface area contributed by atoms with Gasteiger partial charge in [0.1, 0.15) is 11.4 Å². The molecule has 2 aromatic heterocycles. The maximum Gasteiger partial charge on any atom is 0.410 e. The second-order valence-corrected chi connectivity index (χ2v) is 13.3. The molecule has 0 unspecified atom stereocenters. The molecule has 0 radical (unpaired) electrons. The summed E-state index contributed by atoms with van der Waals surface area (Å²) in [4.78, 5) is 28.3. The number of nitrogens with zero attached hydrogens (tertiary/aromatic N) is 4. The van der Waals surface area contributed by atoms with Gasteiger partial charge in [0.2, 0.25) is 11.8 Å². The first-order chi connectivity index (χ1) is 21.6. The Kier molecular flexibility index (Phi) is 8.90. The summed E-state index contributed by atoms with van der Waals surface area (Å²) in [5, 5.41) is 16.1. The molecule has 2 N–H and O–H groups in total. The molecule has 3 heterocycles. The molecule has 1 aliphatic carbocycles. The Hall–Kier alpha value is -4.24. The Labute approximate surface area is 265 Å². The van der Waals surface area contributed by atoms with Crippen molar-refractivity contribution in [1.29, 1.82) is 0 Å². The predicted octanol–water partition coefficient (Wildman–Crippen LogP) is 7.31. The average molecular weight is 610 g/mol. The Morgan fingerprint density at radius 2 is 1.87 bits per heavy atom. The molecule has 1 saturated heterocycles. The summed E-state index contributed by atoms with van der Waals surface area (Å²) in [6.45, 7) is 8.86. The molecule has 2 fully saturated rings. The van der Waals surface area contributed by atoms with Crippen molar-refractivity contribution >= 4 is 22.8 Å². The molecule has 3 atom stereocenters. The normalized spacial score (nSPS) is 20.3. The highest BCUT2D eigenvalue weighted by molar-refractivity contribution is 5.92. The smallest absolute Gasteiger partial charge is 0.410 e. The van der Waals surface area contributed by atoms with Crippen LogP contribution in [0.4, 0.5) is 10.7 Å². The summed E-state index contributed by atoms with van der Waals surface area (Å²) in [6, 6.07) is 16.2.